The summed E-state index contributed by atoms with van der Waals surface area (Å²) in [5.41, 5.74) is 6.73. The van der Waals surface area contributed by atoms with E-state index >= 15 is 0 Å². The first-order valence-corrected chi connectivity index (χ1v) is 6.56. The van der Waals surface area contributed by atoms with Crippen LogP contribution in [0, 0.1) is 0 Å². The lowest BCUT2D eigenvalue weighted by molar-refractivity contribution is -0.116. The molecule has 2 aromatic rings. The Morgan fingerprint density at radius 1 is 1.35 bits per heavy atom. The van der Waals surface area contributed by atoms with E-state index in [0.29, 0.717) is 17.4 Å². The zero-order chi connectivity index (χ0) is 14.1. The highest BCUT2D eigenvalue weighted by Gasteiger charge is 2.25. The van der Waals surface area contributed by atoms with E-state index < -0.39 is 0 Å². The molecule has 6 nitrogen and oxygen atoms in total. The average Bonchev–Trinajstić information content (AvgIpc) is 3.17. The number of anilines is 2. The number of carbonyl (C=O) groups is 1. The van der Waals surface area contributed by atoms with Crippen molar-refractivity contribution >= 4 is 17.3 Å². The summed E-state index contributed by atoms with van der Waals surface area (Å²) in [4.78, 5) is 23.9. The molecule has 1 amide bonds. The van der Waals surface area contributed by atoms with Gasteiger partial charge in [0.25, 0.3) is 0 Å². The minimum absolute atomic E-state index is 0.00729. The highest BCUT2D eigenvalue weighted by atomic mass is 16.2. The molecule has 1 aromatic carbocycles. The third-order valence-electron chi connectivity index (χ3n) is 3.30. The fourth-order valence-electron chi connectivity index (χ4n) is 2.15. The van der Waals surface area contributed by atoms with E-state index in [1.54, 1.807) is 41.2 Å². The molecule has 0 bridgehead atoms. The van der Waals surface area contributed by atoms with E-state index in [2.05, 4.69) is 5.32 Å². The standard InChI is InChI=1S/C14H16N4O2/c15-10-2-1-3-11(8-10)16-13(19)9-17-6-7-18(14(17)20)12-4-5-12/h1-3,6-8,12H,4-5,9,15H2,(H,16,19). The van der Waals surface area contributed by atoms with Crippen LogP contribution in [0.4, 0.5) is 11.4 Å². The molecule has 6 heteroatoms. The van der Waals surface area contributed by atoms with Crippen molar-refractivity contribution in [2.45, 2.75) is 25.4 Å². The number of nitrogen functional groups attached to an aromatic ring is 1. The first kappa shape index (κ1) is 12.5. The third kappa shape index (κ3) is 2.59. The predicted octanol–water partition coefficient (Wildman–Crippen LogP) is 1.21. The largest absolute Gasteiger partial charge is 0.399 e. The van der Waals surface area contributed by atoms with Crippen LogP contribution in [0.3, 0.4) is 0 Å². The van der Waals surface area contributed by atoms with Gasteiger partial charge in [0.2, 0.25) is 5.91 Å². The molecule has 3 N–H and O–H groups in total. The molecule has 20 heavy (non-hydrogen) atoms. The van der Waals surface area contributed by atoms with Crippen LogP contribution in [-0.4, -0.2) is 15.0 Å². The van der Waals surface area contributed by atoms with Gasteiger partial charge in [-0.1, -0.05) is 6.07 Å². The average molecular weight is 272 g/mol. The third-order valence-corrected chi connectivity index (χ3v) is 3.30. The van der Waals surface area contributed by atoms with Crippen LogP contribution in [0.5, 0.6) is 0 Å². The Balaban J connectivity index is 1.68. The van der Waals surface area contributed by atoms with Gasteiger partial charge in [0.05, 0.1) is 0 Å². The Labute approximate surface area is 115 Å². The minimum atomic E-state index is -0.244. The highest BCUT2D eigenvalue weighted by molar-refractivity contribution is 5.90. The van der Waals surface area contributed by atoms with Crippen LogP contribution < -0.4 is 16.7 Å². The number of nitrogens with two attached hydrogens (primary N) is 1. The molecule has 0 atom stereocenters. The maximum absolute atomic E-state index is 12.0. The number of benzene rings is 1. The van der Waals surface area contributed by atoms with Crippen LogP contribution in [-0.2, 0) is 11.3 Å². The van der Waals surface area contributed by atoms with Crippen LogP contribution in [0.25, 0.3) is 0 Å². The lowest BCUT2D eigenvalue weighted by Gasteiger charge is -2.06. The second-order valence-electron chi connectivity index (χ2n) is 5.02. The highest BCUT2D eigenvalue weighted by Crippen LogP contribution is 2.33. The molecule has 0 unspecified atom stereocenters. The van der Waals surface area contributed by atoms with Gasteiger partial charge in [-0.05, 0) is 31.0 Å². The molecular weight excluding hydrogens is 256 g/mol. The summed E-state index contributed by atoms with van der Waals surface area (Å²) in [6.07, 6.45) is 5.48. The predicted molar refractivity (Wildman–Crippen MR) is 76.4 cm³/mol. The summed E-state index contributed by atoms with van der Waals surface area (Å²) in [5, 5.41) is 2.72. The van der Waals surface area contributed by atoms with E-state index in [4.69, 9.17) is 5.73 Å². The van der Waals surface area contributed by atoms with Crippen LogP contribution in [0.15, 0.2) is 41.5 Å². The Hall–Kier alpha value is -2.50. The molecule has 1 aliphatic carbocycles. The number of aromatic nitrogens is 2. The van der Waals surface area contributed by atoms with Crippen molar-refractivity contribution in [3.8, 4) is 0 Å². The summed E-state index contributed by atoms with van der Waals surface area (Å²) < 4.78 is 3.10. The van der Waals surface area contributed by atoms with E-state index in [9.17, 15) is 9.59 Å². The van der Waals surface area contributed by atoms with Gasteiger partial charge in [-0.3, -0.25) is 13.9 Å². The van der Waals surface area contributed by atoms with Gasteiger partial charge in [-0.2, -0.15) is 0 Å². The molecule has 0 spiro atoms. The number of imidazole rings is 1. The van der Waals surface area contributed by atoms with Crippen molar-refractivity contribution in [1.29, 1.82) is 0 Å². The van der Waals surface area contributed by atoms with Gasteiger partial charge in [-0.15, -0.1) is 0 Å². The SMILES string of the molecule is Nc1cccc(NC(=O)Cn2ccn(C3CC3)c2=O)c1. The molecule has 1 saturated carbocycles. The number of rotatable bonds is 4. The van der Waals surface area contributed by atoms with Gasteiger partial charge in [0, 0.05) is 29.8 Å². The lowest BCUT2D eigenvalue weighted by atomic mass is 10.3. The molecule has 0 radical (unpaired) electrons. The van der Waals surface area contributed by atoms with Crippen molar-refractivity contribution in [2.75, 3.05) is 11.1 Å². The number of carbonyl (C=O) groups excluding carboxylic acids is 1. The summed E-state index contributed by atoms with van der Waals surface area (Å²) in [6.45, 7) is 0.00729. The van der Waals surface area contributed by atoms with Crippen LogP contribution in [0.2, 0.25) is 0 Å². The van der Waals surface area contributed by atoms with Crippen molar-refractivity contribution in [3.63, 3.8) is 0 Å². The van der Waals surface area contributed by atoms with Crippen molar-refractivity contribution in [1.82, 2.24) is 9.13 Å². The van der Waals surface area contributed by atoms with Gasteiger partial charge in [0.1, 0.15) is 6.54 Å². The quantitative estimate of drug-likeness (QED) is 0.821. The van der Waals surface area contributed by atoms with Crippen molar-refractivity contribution < 1.29 is 4.79 Å². The van der Waals surface area contributed by atoms with Crippen LogP contribution >= 0.6 is 0 Å². The molecule has 0 aliphatic heterocycles. The zero-order valence-electron chi connectivity index (χ0n) is 11.0. The monoisotopic (exact) mass is 272 g/mol. The summed E-state index contributed by atoms with van der Waals surface area (Å²) in [6, 6.07) is 7.26. The Morgan fingerprint density at radius 2 is 2.15 bits per heavy atom. The van der Waals surface area contributed by atoms with Gasteiger partial charge >= 0.3 is 5.69 Å². The number of hydrogen-bond donors (Lipinski definition) is 2. The van der Waals surface area contributed by atoms with Gasteiger partial charge in [0.15, 0.2) is 0 Å². The Morgan fingerprint density at radius 3 is 2.85 bits per heavy atom. The second-order valence-corrected chi connectivity index (χ2v) is 5.02. The van der Waals surface area contributed by atoms with Crippen LogP contribution in [0.1, 0.15) is 18.9 Å². The Kier molecular flexibility index (Phi) is 3.06. The molecular formula is C14H16N4O2. The first-order valence-electron chi connectivity index (χ1n) is 6.56. The van der Waals surface area contributed by atoms with E-state index in [1.165, 1.54) is 4.57 Å². The van der Waals surface area contributed by atoms with Gasteiger partial charge in [-0.25, -0.2) is 4.79 Å². The number of hydrogen-bond acceptors (Lipinski definition) is 3. The topological polar surface area (TPSA) is 82.0 Å². The Bertz CT molecular complexity index is 697. The normalized spacial score (nSPS) is 14.2. The summed E-state index contributed by atoms with van der Waals surface area (Å²) in [5.74, 6) is -0.244. The van der Waals surface area contributed by atoms with E-state index in [1.807, 2.05) is 0 Å². The molecule has 1 heterocycles. The number of amides is 1. The van der Waals surface area contributed by atoms with Gasteiger partial charge < -0.3 is 11.1 Å². The molecule has 1 aliphatic rings. The number of nitrogens with one attached hydrogen (secondary N) is 1. The molecule has 104 valence electrons. The fourth-order valence-corrected chi connectivity index (χ4v) is 2.15. The maximum atomic E-state index is 12.0. The molecule has 1 aromatic heterocycles. The smallest absolute Gasteiger partial charge is 0.328 e. The molecule has 3 rings (SSSR count). The van der Waals surface area contributed by atoms with Crippen molar-refractivity contribution in [3.05, 3.63) is 47.1 Å². The molecule has 1 fully saturated rings. The summed E-state index contributed by atoms with van der Waals surface area (Å²) >= 11 is 0. The first-order chi connectivity index (χ1) is 9.63. The molecule has 0 saturated heterocycles. The summed E-state index contributed by atoms with van der Waals surface area (Å²) in [7, 11) is 0. The minimum Gasteiger partial charge on any atom is -0.399 e. The zero-order valence-corrected chi connectivity index (χ0v) is 11.0. The lowest BCUT2D eigenvalue weighted by Crippen LogP contribution is -2.28. The van der Waals surface area contributed by atoms with E-state index in [0.717, 1.165) is 12.8 Å². The van der Waals surface area contributed by atoms with E-state index in [-0.39, 0.29) is 18.1 Å². The maximum Gasteiger partial charge on any atom is 0.328 e. The fraction of sp³-hybridized carbons (Fsp3) is 0.286. The van der Waals surface area contributed by atoms with Crippen molar-refractivity contribution in [2.24, 2.45) is 0 Å². The second kappa shape index (κ2) is 4.88. The number of nitrogens with zero attached hydrogens (tertiary/aromatic N) is 2.